The average Bonchev–Trinajstić information content (AvgIpc) is 3.11. The van der Waals surface area contributed by atoms with Crippen LogP contribution < -0.4 is 10.6 Å². The SMILES string of the molecule is Cc1cccc(NC(=O)CCNC(=O)OCC2c3ccccc3-c3ccccc32)c1C(=O)O. The van der Waals surface area contributed by atoms with Gasteiger partial charge in [-0.15, -0.1) is 0 Å². The number of benzene rings is 3. The number of carbonyl (C=O) groups excluding carboxylic acids is 2. The largest absolute Gasteiger partial charge is 0.478 e. The van der Waals surface area contributed by atoms with Crippen LogP contribution in [0.5, 0.6) is 0 Å². The molecule has 0 aromatic heterocycles. The summed E-state index contributed by atoms with van der Waals surface area (Å²) in [7, 11) is 0. The minimum absolute atomic E-state index is 0.0167. The fourth-order valence-corrected chi connectivity index (χ4v) is 4.20. The van der Waals surface area contributed by atoms with Gasteiger partial charge in [0.2, 0.25) is 5.91 Å². The zero-order valence-electron chi connectivity index (χ0n) is 18.1. The number of nitrogens with one attached hydrogen (secondary N) is 2. The zero-order valence-corrected chi connectivity index (χ0v) is 18.1. The van der Waals surface area contributed by atoms with Crippen molar-refractivity contribution in [2.24, 2.45) is 0 Å². The Labute approximate surface area is 191 Å². The van der Waals surface area contributed by atoms with Crippen LogP contribution in [-0.2, 0) is 9.53 Å². The van der Waals surface area contributed by atoms with Crippen LogP contribution in [0.3, 0.4) is 0 Å². The zero-order chi connectivity index (χ0) is 23.4. The quantitative estimate of drug-likeness (QED) is 0.496. The Morgan fingerprint density at radius 3 is 2.18 bits per heavy atom. The van der Waals surface area contributed by atoms with Gasteiger partial charge in [-0.2, -0.15) is 0 Å². The molecule has 0 unspecified atom stereocenters. The molecule has 0 radical (unpaired) electrons. The van der Waals surface area contributed by atoms with Gasteiger partial charge < -0.3 is 20.5 Å². The third-order valence-electron chi connectivity index (χ3n) is 5.73. The molecule has 3 N–H and O–H groups in total. The maximum absolute atomic E-state index is 12.2. The molecule has 0 fully saturated rings. The summed E-state index contributed by atoms with van der Waals surface area (Å²) < 4.78 is 5.45. The Kier molecular flexibility index (Phi) is 6.40. The predicted molar refractivity (Wildman–Crippen MR) is 124 cm³/mol. The number of aromatic carboxylic acids is 1. The summed E-state index contributed by atoms with van der Waals surface area (Å²) in [6, 6.07) is 21.0. The van der Waals surface area contributed by atoms with Gasteiger partial charge in [-0.05, 0) is 40.8 Å². The highest BCUT2D eigenvalue weighted by molar-refractivity contribution is 6.01. The first kappa shape index (κ1) is 22.1. The molecule has 33 heavy (non-hydrogen) atoms. The Morgan fingerprint density at radius 1 is 0.909 bits per heavy atom. The van der Waals surface area contributed by atoms with Crippen molar-refractivity contribution in [2.45, 2.75) is 19.3 Å². The van der Waals surface area contributed by atoms with Gasteiger partial charge in [-0.25, -0.2) is 9.59 Å². The third-order valence-corrected chi connectivity index (χ3v) is 5.73. The molecule has 3 aromatic rings. The first-order valence-corrected chi connectivity index (χ1v) is 10.7. The number of carboxylic acid groups (broad SMARTS) is 1. The maximum atomic E-state index is 12.2. The van der Waals surface area contributed by atoms with Gasteiger partial charge in [0, 0.05) is 18.9 Å². The molecular weight excluding hydrogens is 420 g/mol. The summed E-state index contributed by atoms with van der Waals surface area (Å²) in [4.78, 5) is 35.9. The Morgan fingerprint density at radius 2 is 1.55 bits per heavy atom. The topological polar surface area (TPSA) is 105 Å². The number of carbonyl (C=O) groups is 3. The van der Waals surface area contributed by atoms with E-state index in [0.717, 1.165) is 22.3 Å². The number of ether oxygens (including phenoxy) is 1. The number of anilines is 1. The lowest BCUT2D eigenvalue weighted by molar-refractivity contribution is -0.116. The molecule has 7 heteroatoms. The second-order valence-corrected chi connectivity index (χ2v) is 7.85. The Bertz CT molecular complexity index is 1180. The molecule has 4 rings (SSSR count). The molecule has 0 aliphatic heterocycles. The number of carboxylic acids is 1. The fourth-order valence-electron chi connectivity index (χ4n) is 4.20. The maximum Gasteiger partial charge on any atom is 0.407 e. The van der Waals surface area contributed by atoms with Gasteiger partial charge in [-0.3, -0.25) is 4.79 Å². The summed E-state index contributed by atoms with van der Waals surface area (Å²) in [5, 5.41) is 14.5. The van der Waals surface area contributed by atoms with Gasteiger partial charge in [0.1, 0.15) is 6.61 Å². The van der Waals surface area contributed by atoms with Crippen molar-refractivity contribution in [1.82, 2.24) is 5.32 Å². The second-order valence-electron chi connectivity index (χ2n) is 7.85. The minimum atomic E-state index is -1.11. The molecule has 0 saturated carbocycles. The van der Waals surface area contributed by atoms with Crippen LogP contribution >= 0.6 is 0 Å². The monoisotopic (exact) mass is 444 g/mol. The van der Waals surface area contributed by atoms with Gasteiger partial charge in [0.25, 0.3) is 0 Å². The molecule has 7 nitrogen and oxygen atoms in total. The molecule has 1 aliphatic rings. The van der Waals surface area contributed by atoms with E-state index in [1.807, 2.05) is 36.4 Å². The van der Waals surface area contributed by atoms with Crippen LogP contribution in [0, 0.1) is 6.92 Å². The highest BCUT2D eigenvalue weighted by Crippen LogP contribution is 2.44. The normalized spacial score (nSPS) is 11.9. The number of alkyl carbamates (subject to hydrolysis) is 1. The van der Waals surface area contributed by atoms with Gasteiger partial charge in [0.15, 0.2) is 0 Å². The van der Waals surface area contributed by atoms with Crippen molar-refractivity contribution >= 4 is 23.7 Å². The molecular formula is C26H24N2O5. The molecule has 0 atom stereocenters. The van der Waals surface area contributed by atoms with Crippen LogP contribution in [0.2, 0.25) is 0 Å². The molecule has 2 amide bonds. The predicted octanol–water partition coefficient (Wildman–Crippen LogP) is 4.56. The fraction of sp³-hybridized carbons (Fsp3) is 0.192. The highest BCUT2D eigenvalue weighted by atomic mass is 16.5. The van der Waals surface area contributed by atoms with Gasteiger partial charge in [0.05, 0.1) is 11.3 Å². The molecule has 1 aliphatic carbocycles. The van der Waals surface area contributed by atoms with Crippen molar-refractivity contribution in [3.63, 3.8) is 0 Å². The summed E-state index contributed by atoms with van der Waals surface area (Å²) >= 11 is 0. The molecule has 3 aromatic carbocycles. The lowest BCUT2D eigenvalue weighted by Crippen LogP contribution is -2.29. The van der Waals surface area contributed by atoms with Crippen LogP contribution in [0.1, 0.15) is 39.4 Å². The molecule has 168 valence electrons. The van der Waals surface area contributed by atoms with Crippen molar-refractivity contribution in [3.8, 4) is 11.1 Å². The van der Waals surface area contributed by atoms with Crippen LogP contribution in [0.4, 0.5) is 10.5 Å². The highest BCUT2D eigenvalue weighted by Gasteiger charge is 2.29. The number of fused-ring (bicyclic) bond motifs is 3. The van der Waals surface area contributed by atoms with E-state index >= 15 is 0 Å². The van der Waals surface area contributed by atoms with E-state index in [1.165, 1.54) is 6.07 Å². The molecule has 0 saturated heterocycles. The van der Waals surface area contributed by atoms with E-state index in [0.29, 0.717) is 5.56 Å². The first-order valence-electron chi connectivity index (χ1n) is 10.7. The number of rotatable bonds is 7. The molecule has 0 heterocycles. The van der Waals surface area contributed by atoms with Crippen molar-refractivity contribution < 1.29 is 24.2 Å². The van der Waals surface area contributed by atoms with Crippen molar-refractivity contribution in [1.29, 1.82) is 0 Å². The minimum Gasteiger partial charge on any atom is -0.478 e. The van der Waals surface area contributed by atoms with Crippen molar-refractivity contribution in [3.05, 3.63) is 89.0 Å². The smallest absolute Gasteiger partial charge is 0.407 e. The van der Waals surface area contributed by atoms with Gasteiger partial charge in [-0.1, -0.05) is 60.7 Å². The van der Waals surface area contributed by atoms with Crippen LogP contribution in [0.15, 0.2) is 66.7 Å². The van der Waals surface area contributed by atoms with E-state index in [9.17, 15) is 19.5 Å². The summed E-state index contributed by atoms with van der Waals surface area (Å²) in [6.07, 6.45) is -0.622. The van der Waals surface area contributed by atoms with Gasteiger partial charge >= 0.3 is 12.1 Å². The number of amides is 2. The number of aryl methyl sites for hydroxylation is 1. The average molecular weight is 444 g/mol. The standard InChI is InChI=1S/C26H24N2O5/c1-16-7-6-12-22(24(16)25(30)31)28-23(29)13-14-27-26(32)33-15-21-19-10-4-2-8-17(19)18-9-3-5-11-20(18)21/h2-12,21H,13-15H2,1H3,(H,27,32)(H,28,29)(H,30,31). The molecule has 0 spiro atoms. The summed E-state index contributed by atoms with van der Waals surface area (Å²) in [6.45, 7) is 1.92. The Balaban J connectivity index is 1.29. The van der Waals surface area contributed by atoms with E-state index in [2.05, 4.69) is 22.8 Å². The van der Waals surface area contributed by atoms with E-state index in [1.54, 1.807) is 19.1 Å². The van der Waals surface area contributed by atoms with Crippen molar-refractivity contribution in [2.75, 3.05) is 18.5 Å². The van der Waals surface area contributed by atoms with E-state index < -0.39 is 18.0 Å². The summed E-state index contributed by atoms with van der Waals surface area (Å²) in [5.41, 5.74) is 5.38. The lowest BCUT2D eigenvalue weighted by Gasteiger charge is -2.14. The number of hydrogen-bond donors (Lipinski definition) is 3. The van der Waals surface area contributed by atoms with Crippen LogP contribution in [-0.4, -0.2) is 36.2 Å². The lowest BCUT2D eigenvalue weighted by atomic mass is 9.98. The third kappa shape index (κ3) is 4.72. The van der Waals surface area contributed by atoms with E-state index in [-0.39, 0.29) is 36.7 Å². The van der Waals surface area contributed by atoms with Crippen LogP contribution in [0.25, 0.3) is 11.1 Å². The first-order chi connectivity index (χ1) is 16.0. The molecule has 0 bridgehead atoms. The Hall–Kier alpha value is -4.13. The number of hydrogen-bond acceptors (Lipinski definition) is 4. The second kappa shape index (κ2) is 9.56. The van der Waals surface area contributed by atoms with E-state index in [4.69, 9.17) is 4.74 Å². The summed E-state index contributed by atoms with van der Waals surface area (Å²) in [5.74, 6) is -1.55.